The lowest BCUT2D eigenvalue weighted by atomic mass is 9.98. The molecule has 12 nitrogen and oxygen atoms in total. The number of esters is 1. The van der Waals surface area contributed by atoms with Crippen molar-refractivity contribution in [1.29, 1.82) is 0 Å². The summed E-state index contributed by atoms with van der Waals surface area (Å²) in [6.07, 6.45) is -0.251. The molecule has 226 valence electrons. The van der Waals surface area contributed by atoms with E-state index in [1.54, 1.807) is 44.2 Å². The van der Waals surface area contributed by atoms with Gasteiger partial charge < -0.3 is 19.1 Å². The second-order valence-electron chi connectivity index (χ2n) is 11.2. The van der Waals surface area contributed by atoms with Gasteiger partial charge in [-0.1, -0.05) is 68.7 Å². The molecule has 1 fully saturated rings. The number of halogens is 1. The standard InChI is InChI=1S/C27H37BrN3O9P/c1-17(2)23(25(34)37-16-27(3,4)5)30-41(36,40-19-9-7-6-8-10-19)38-15-21-20(32)13-22(39-21)31-14-18(11-12-28)24(33)29-26(31)35/h6-12,14,17,20-23,32H,13,15-16H2,1-5H3,(H,30,36)(H,29,33,35)/b12-11+/t20?,21?,22?,23-,41?/m0/s1. The maximum absolute atomic E-state index is 14.0. The fraction of sp³-hybridized carbons (Fsp3) is 0.519. The molecule has 2 aromatic rings. The number of ether oxygens (including phenoxy) is 2. The minimum absolute atomic E-state index is 0.00245. The molecule has 0 saturated carbocycles. The summed E-state index contributed by atoms with van der Waals surface area (Å²) in [6, 6.07) is 7.26. The van der Waals surface area contributed by atoms with Gasteiger partial charge in [0, 0.05) is 12.6 Å². The van der Waals surface area contributed by atoms with Crippen LogP contribution in [0.4, 0.5) is 0 Å². The minimum Gasteiger partial charge on any atom is -0.464 e. The first-order valence-corrected chi connectivity index (χ1v) is 15.6. The van der Waals surface area contributed by atoms with E-state index in [1.807, 2.05) is 20.8 Å². The molecule has 0 spiro atoms. The predicted molar refractivity (Wildman–Crippen MR) is 157 cm³/mol. The maximum Gasteiger partial charge on any atom is 0.459 e. The second kappa shape index (κ2) is 14.1. The molecule has 41 heavy (non-hydrogen) atoms. The van der Waals surface area contributed by atoms with Crippen molar-refractivity contribution in [1.82, 2.24) is 14.6 Å². The Morgan fingerprint density at radius 2 is 1.98 bits per heavy atom. The van der Waals surface area contributed by atoms with Gasteiger partial charge in [0.2, 0.25) is 0 Å². The number of hydrogen-bond donors (Lipinski definition) is 3. The first kappa shape index (κ1) is 33.0. The van der Waals surface area contributed by atoms with E-state index in [2.05, 4.69) is 26.0 Å². The Balaban J connectivity index is 1.80. The van der Waals surface area contributed by atoms with Crippen LogP contribution < -0.4 is 20.9 Å². The number of benzene rings is 1. The summed E-state index contributed by atoms with van der Waals surface area (Å²) >= 11 is 3.10. The van der Waals surface area contributed by atoms with Crippen LogP contribution in [0.15, 0.2) is 51.1 Å². The van der Waals surface area contributed by atoms with E-state index >= 15 is 0 Å². The highest BCUT2D eigenvalue weighted by atomic mass is 79.9. The number of aromatic nitrogens is 2. The van der Waals surface area contributed by atoms with Crippen LogP contribution in [0.1, 0.15) is 52.8 Å². The molecule has 3 N–H and O–H groups in total. The van der Waals surface area contributed by atoms with Crippen LogP contribution in [0.5, 0.6) is 5.75 Å². The normalized spacial score (nSPS) is 21.6. The van der Waals surface area contributed by atoms with E-state index in [1.165, 1.54) is 17.3 Å². The molecule has 0 bridgehead atoms. The summed E-state index contributed by atoms with van der Waals surface area (Å²) < 4.78 is 38.0. The number of nitrogens with one attached hydrogen (secondary N) is 2. The molecule has 1 aromatic carbocycles. The predicted octanol–water partition coefficient (Wildman–Crippen LogP) is 3.96. The Bertz CT molecular complexity index is 1370. The topological polar surface area (TPSA) is 158 Å². The van der Waals surface area contributed by atoms with Gasteiger partial charge in [-0.15, -0.1) is 0 Å². The highest BCUT2D eigenvalue weighted by Crippen LogP contribution is 2.46. The van der Waals surface area contributed by atoms with Crippen LogP contribution in [0.3, 0.4) is 0 Å². The average molecular weight is 658 g/mol. The van der Waals surface area contributed by atoms with Crippen molar-refractivity contribution in [3.63, 3.8) is 0 Å². The van der Waals surface area contributed by atoms with E-state index in [-0.39, 0.29) is 35.7 Å². The number of rotatable bonds is 12. The molecule has 5 atom stereocenters. The molecular formula is C27H37BrN3O9P. The molecule has 0 amide bonds. The third kappa shape index (κ3) is 9.49. The molecule has 0 aliphatic carbocycles. The highest BCUT2D eigenvalue weighted by molar-refractivity contribution is 9.11. The van der Waals surface area contributed by atoms with Crippen molar-refractivity contribution in [3.05, 3.63) is 67.9 Å². The molecule has 2 heterocycles. The lowest BCUT2D eigenvalue weighted by Crippen LogP contribution is -2.43. The third-order valence-corrected chi connectivity index (χ3v) is 7.79. The van der Waals surface area contributed by atoms with E-state index < -0.39 is 56.0 Å². The average Bonchev–Trinajstić information content (AvgIpc) is 3.26. The fourth-order valence-electron chi connectivity index (χ4n) is 3.84. The number of nitrogens with zero attached hydrogens (tertiary/aromatic N) is 1. The number of hydrogen-bond acceptors (Lipinski definition) is 9. The summed E-state index contributed by atoms with van der Waals surface area (Å²) in [5, 5.41) is 13.4. The Kier molecular flexibility index (Phi) is 11.3. The minimum atomic E-state index is -4.25. The first-order chi connectivity index (χ1) is 19.2. The Morgan fingerprint density at radius 1 is 1.29 bits per heavy atom. The number of carbonyl (C=O) groups is 1. The van der Waals surface area contributed by atoms with Crippen LogP contribution in [0.25, 0.3) is 6.08 Å². The monoisotopic (exact) mass is 657 g/mol. The number of aromatic amines is 1. The molecule has 3 rings (SSSR count). The summed E-state index contributed by atoms with van der Waals surface area (Å²) in [5.74, 6) is -0.725. The number of H-pyrrole nitrogens is 1. The molecule has 1 saturated heterocycles. The lowest BCUT2D eigenvalue weighted by Gasteiger charge is -2.28. The van der Waals surface area contributed by atoms with E-state index in [4.69, 9.17) is 18.5 Å². The highest BCUT2D eigenvalue weighted by Gasteiger charge is 2.41. The second-order valence-corrected chi connectivity index (χ2v) is 13.4. The van der Waals surface area contributed by atoms with Gasteiger partial charge in [0.25, 0.3) is 5.56 Å². The van der Waals surface area contributed by atoms with Crippen LogP contribution in [0.2, 0.25) is 0 Å². The van der Waals surface area contributed by atoms with Gasteiger partial charge in [-0.25, -0.2) is 9.36 Å². The van der Waals surface area contributed by atoms with Crippen molar-refractivity contribution >= 4 is 35.7 Å². The largest absolute Gasteiger partial charge is 0.464 e. The molecule has 1 aromatic heterocycles. The van der Waals surface area contributed by atoms with Crippen LogP contribution in [-0.4, -0.2) is 52.1 Å². The van der Waals surface area contributed by atoms with Gasteiger partial charge in [0.15, 0.2) is 0 Å². The zero-order valence-electron chi connectivity index (χ0n) is 23.6. The summed E-state index contributed by atoms with van der Waals surface area (Å²) in [4.78, 5) is 41.1. The maximum atomic E-state index is 14.0. The number of aliphatic hydroxyl groups excluding tert-OH is 1. The van der Waals surface area contributed by atoms with Gasteiger partial charge in [-0.3, -0.25) is 23.7 Å². The Hall–Kier alpha value is -2.54. The summed E-state index contributed by atoms with van der Waals surface area (Å²) in [6.45, 7) is 9.04. The van der Waals surface area contributed by atoms with Crippen LogP contribution in [0, 0.1) is 11.3 Å². The van der Waals surface area contributed by atoms with Crippen molar-refractivity contribution < 1.29 is 33.0 Å². The van der Waals surface area contributed by atoms with Crippen LogP contribution in [-0.2, 0) is 23.4 Å². The molecule has 0 radical (unpaired) electrons. The zero-order valence-corrected chi connectivity index (χ0v) is 26.1. The molecule has 1 aliphatic rings. The summed E-state index contributed by atoms with van der Waals surface area (Å²) in [5.41, 5.74) is -1.37. The Labute approximate surface area is 246 Å². The quantitative estimate of drug-likeness (QED) is 0.225. The zero-order chi connectivity index (χ0) is 30.4. The van der Waals surface area contributed by atoms with Crippen LogP contribution >= 0.6 is 23.7 Å². The van der Waals surface area contributed by atoms with E-state index in [0.717, 1.165) is 4.57 Å². The number of carbonyl (C=O) groups excluding carboxylic acids is 1. The summed E-state index contributed by atoms with van der Waals surface area (Å²) in [7, 11) is -4.25. The molecule has 1 aliphatic heterocycles. The Morgan fingerprint density at radius 3 is 2.59 bits per heavy atom. The molecular weight excluding hydrogens is 621 g/mol. The molecule has 14 heteroatoms. The number of para-hydroxylation sites is 1. The molecule has 4 unspecified atom stereocenters. The van der Waals surface area contributed by atoms with Crippen molar-refractivity contribution in [2.24, 2.45) is 11.3 Å². The SMILES string of the molecule is CC(C)[C@H](NP(=O)(OCC1OC(n2cc(/C=C/Br)c(=O)[nH]c2=O)CC1O)Oc1ccccc1)C(=O)OCC(C)(C)C. The van der Waals surface area contributed by atoms with Crippen molar-refractivity contribution in [3.8, 4) is 5.75 Å². The lowest BCUT2D eigenvalue weighted by molar-refractivity contribution is -0.149. The van der Waals surface area contributed by atoms with Gasteiger partial charge in [0.05, 0.1) is 24.9 Å². The van der Waals surface area contributed by atoms with Gasteiger partial charge in [-0.05, 0) is 34.5 Å². The van der Waals surface area contributed by atoms with Gasteiger partial charge in [-0.2, -0.15) is 5.09 Å². The number of aliphatic hydroxyl groups is 1. The van der Waals surface area contributed by atoms with E-state index in [9.17, 15) is 24.1 Å². The third-order valence-electron chi connectivity index (χ3n) is 6.00. The smallest absolute Gasteiger partial charge is 0.459 e. The van der Waals surface area contributed by atoms with Gasteiger partial charge >= 0.3 is 19.4 Å². The van der Waals surface area contributed by atoms with Crippen molar-refractivity contribution in [2.75, 3.05) is 13.2 Å². The van der Waals surface area contributed by atoms with E-state index in [0.29, 0.717) is 0 Å². The fourth-order valence-corrected chi connectivity index (χ4v) is 5.79. The van der Waals surface area contributed by atoms with Crippen molar-refractivity contribution in [2.45, 2.75) is 65.5 Å². The van der Waals surface area contributed by atoms with Gasteiger partial charge in [0.1, 0.15) is 24.1 Å². The first-order valence-electron chi connectivity index (χ1n) is 13.1.